The number of ether oxygens (including phenoxy) is 2. The molecule has 106 valence electrons. The fourth-order valence-corrected chi connectivity index (χ4v) is 1.93. The number of aromatic nitrogens is 2. The number of carboxylic acids is 1. The van der Waals surface area contributed by atoms with Crippen LogP contribution >= 0.6 is 0 Å². The fraction of sp³-hybridized carbons (Fsp3) is 0.286. The van der Waals surface area contributed by atoms with E-state index in [0.717, 1.165) is 11.1 Å². The molecule has 0 amide bonds. The summed E-state index contributed by atoms with van der Waals surface area (Å²) >= 11 is 0. The first kappa shape index (κ1) is 14.2. The lowest BCUT2D eigenvalue weighted by atomic mass is 10.0. The van der Waals surface area contributed by atoms with E-state index in [1.807, 2.05) is 24.3 Å². The Bertz CT molecular complexity index is 594. The zero-order valence-corrected chi connectivity index (χ0v) is 11.3. The SMILES string of the molecule is COCC(OC)c1cccc(-c2cc(C(=O)O)[nH]n2)c1. The van der Waals surface area contributed by atoms with Gasteiger partial charge in [0.25, 0.3) is 0 Å². The minimum absolute atomic E-state index is 0.0607. The second-order valence-corrected chi connectivity index (χ2v) is 4.28. The minimum Gasteiger partial charge on any atom is -0.477 e. The highest BCUT2D eigenvalue weighted by molar-refractivity contribution is 5.86. The first-order valence-electron chi connectivity index (χ1n) is 6.06. The van der Waals surface area contributed by atoms with Gasteiger partial charge in [-0.3, -0.25) is 5.10 Å². The summed E-state index contributed by atoms with van der Waals surface area (Å²) in [5.41, 5.74) is 2.42. The maximum atomic E-state index is 10.8. The number of rotatable bonds is 6. The highest BCUT2D eigenvalue weighted by Crippen LogP contribution is 2.24. The van der Waals surface area contributed by atoms with E-state index >= 15 is 0 Å². The van der Waals surface area contributed by atoms with Crippen LogP contribution in [0.3, 0.4) is 0 Å². The Morgan fingerprint density at radius 2 is 2.20 bits per heavy atom. The predicted molar refractivity (Wildman–Crippen MR) is 72.6 cm³/mol. The summed E-state index contributed by atoms with van der Waals surface area (Å²) in [5, 5.41) is 15.4. The number of H-pyrrole nitrogens is 1. The van der Waals surface area contributed by atoms with Crippen LogP contribution in [-0.4, -0.2) is 42.1 Å². The molecule has 2 N–H and O–H groups in total. The van der Waals surface area contributed by atoms with Gasteiger partial charge >= 0.3 is 5.97 Å². The average Bonchev–Trinajstić information content (AvgIpc) is 2.95. The van der Waals surface area contributed by atoms with Crippen molar-refractivity contribution in [3.8, 4) is 11.3 Å². The number of nitrogens with zero attached hydrogens (tertiary/aromatic N) is 1. The standard InChI is InChI=1S/C14H16N2O4/c1-19-8-13(20-2)10-5-3-4-9(6-10)11-7-12(14(17)18)16-15-11/h3-7,13H,8H2,1-2H3,(H,15,16)(H,17,18). The highest BCUT2D eigenvalue weighted by Gasteiger charge is 2.13. The van der Waals surface area contributed by atoms with Crippen LogP contribution in [0.15, 0.2) is 30.3 Å². The Labute approximate surface area is 116 Å². The van der Waals surface area contributed by atoms with Crippen molar-refractivity contribution >= 4 is 5.97 Å². The molecule has 0 aliphatic heterocycles. The smallest absolute Gasteiger partial charge is 0.353 e. The lowest BCUT2D eigenvalue weighted by Crippen LogP contribution is -2.08. The van der Waals surface area contributed by atoms with E-state index in [-0.39, 0.29) is 11.8 Å². The van der Waals surface area contributed by atoms with E-state index in [1.54, 1.807) is 14.2 Å². The molecule has 0 aliphatic carbocycles. The average molecular weight is 276 g/mol. The summed E-state index contributed by atoms with van der Waals surface area (Å²) in [5.74, 6) is -1.03. The minimum atomic E-state index is -1.03. The van der Waals surface area contributed by atoms with Crippen LogP contribution in [0.2, 0.25) is 0 Å². The molecule has 6 heteroatoms. The largest absolute Gasteiger partial charge is 0.477 e. The van der Waals surface area contributed by atoms with E-state index < -0.39 is 5.97 Å². The van der Waals surface area contributed by atoms with Crippen LogP contribution in [0.25, 0.3) is 11.3 Å². The van der Waals surface area contributed by atoms with Crippen molar-refractivity contribution in [3.63, 3.8) is 0 Å². The molecule has 1 aromatic heterocycles. The van der Waals surface area contributed by atoms with E-state index in [9.17, 15) is 4.79 Å². The van der Waals surface area contributed by atoms with Gasteiger partial charge in [0.1, 0.15) is 11.8 Å². The monoisotopic (exact) mass is 276 g/mol. The van der Waals surface area contributed by atoms with E-state index in [4.69, 9.17) is 14.6 Å². The van der Waals surface area contributed by atoms with Crippen molar-refractivity contribution in [2.75, 3.05) is 20.8 Å². The van der Waals surface area contributed by atoms with E-state index in [1.165, 1.54) is 6.07 Å². The molecular formula is C14H16N2O4. The van der Waals surface area contributed by atoms with E-state index in [2.05, 4.69) is 10.2 Å². The maximum absolute atomic E-state index is 10.8. The topological polar surface area (TPSA) is 84.4 Å². The number of nitrogens with one attached hydrogen (secondary N) is 1. The van der Waals surface area contributed by atoms with Gasteiger partial charge in [0.2, 0.25) is 0 Å². The summed E-state index contributed by atoms with van der Waals surface area (Å²) in [7, 11) is 3.23. The Balaban J connectivity index is 2.30. The van der Waals surface area contributed by atoms with Crippen molar-refractivity contribution in [2.45, 2.75) is 6.10 Å². The molecule has 2 rings (SSSR count). The number of aromatic carboxylic acids is 1. The summed E-state index contributed by atoms with van der Waals surface area (Å²) in [6.07, 6.45) is -0.169. The number of carboxylic acid groups (broad SMARTS) is 1. The molecule has 0 radical (unpaired) electrons. The quantitative estimate of drug-likeness (QED) is 0.844. The lowest BCUT2D eigenvalue weighted by molar-refractivity contribution is 0.0275. The molecule has 0 bridgehead atoms. The molecular weight excluding hydrogens is 260 g/mol. The molecule has 1 atom stereocenters. The second-order valence-electron chi connectivity index (χ2n) is 4.28. The summed E-state index contributed by atoms with van der Waals surface area (Å²) in [6, 6.07) is 9.09. The maximum Gasteiger partial charge on any atom is 0.353 e. The Morgan fingerprint density at radius 3 is 2.80 bits per heavy atom. The van der Waals surface area contributed by atoms with Crippen molar-refractivity contribution in [3.05, 3.63) is 41.6 Å². The van der Waals surface area contributed by atoms with Crippen LogP contribution in [0.5, 0.6) is 0 Å². The van der Waals surface area contributed by atoms with Gasteiger partial charge in [-0.2, -0.15) is 5.10 Å². The van der Waals surface area contributed by atoms with Crippen LogP contribution in [0, 0.1) is 0 Å². The molecule has 1 heterocycles. The van der Waals surface area contributed by atoms with Crippen molar-refractivity contribution in [2.24, 2.45) is 0 Å². The number of benzene rings is 1. The molecule has 0 aliphatic rings. The third kappa shape index (κ3) is 3.04. The third-order valence-corrected chi connectivity index (χ3v) is 2.97. The molecule has 20 heavy (non-hydrogen) atoms. The number of carbonyl (C=O) groups is 1. The van der Waals surface area contributed by atoms with Gasteiger partial charge in [0.05, 0.1) is 12.3 Å². The van der Waals surface area contributed by atoms with Crippen LogP contribution < -0.4 is 0 Å². The molecule has 6 nitrogen and oxygen atoms in total. The molecule has 0 saturated heterocycles. The summed E-state index contributed by atoms with van der Waals surface area (Å²) in [6.45, 7) is 0.445. The zero-order valence-electron chi connectivity index (χ0n) is 11.3. The van der Waals surface area contributed by atoms with Gasteiger partial charge in [0, 0.05) is 19.8 Å². The van der Waals surface area contributed by atoms with Gasteiger partial charge in [-0.15, -0.1) is 0 Å². The molecule has 0 saturated carbocycles. The predicted octanol–water partition coefficient (Wildman–Crippen LogP) is 2.11. The normalized spacial score (nSPS) is 12.3. The lowest BCUT2D eigenvalue weighted by Gasteiger charge is -2.15. The molecule has 2 aromatic rings. The molecule has 0 spiro atoms. The number of methoxy groups -OCH3 is 2. The summed E-state index contributed by atoms with van der Waals surface area (Å²) < 4.78 is 10.5. The van der Waals surface area contributed by atoms with Crippen molar-refractivity contribution < 1.29 is 19.4 Å². The van der Waals surface area contributed by atoms with Crippen LogP contribution in [0.4, 0.5) is 0 Å². The van der Waals surface area contributed by atoms with Crippen molar-refractivity contribution in [1.29, 1.82) is 0 Å². The summed E-state index contributed by atoms with van der Waals surface area (Å²) in [4.78, 5) is 10.8. The van der Waals surface area contributed by atoms with Gasteiger partial charge in [0.15, 0.2) is 0 Å². The fourth-order valence-electron chi connectivity index (χ4n) is 1.93. The number of aromatic amines is 1. The van der Waals surface area contributed by atoms with E-state index in [0.29, 0.717) is 12.3 Å². The Kier molecular flexibility index (Phi) is 4.49. The Hall–Kier alpha value is -2.18. The highest BCUT2D eigenvalue weighted by atomic mass is 16.5. The first-order valence-corrected chi connectivity index (χ1v) is 6.06. The molecule has 1 unspecified atom stereocenters. The van der Waals surface area contributed by atoms with Gasteiger partial charge in [-0.25, -0.2) is 4.79 Å². The van der Waals surface area contributed by atoms with Gasteiger partial charge in [-0.05, 0) is 17.7 Å². The number of hydrogen-bond donors (Lipinski definition) is 2. The zero-order chi connectivity index (χ0) is 14.5. The van der Waals surface area contributed by atoms with Crippen LogP contribution in [0.1, 0.15) is 22.2 Å². The number of hydrogen-bond acceptors (Lipinski definition) is 4. The van der Waals surface area contributed by atoms with Gasteiger partial charge < -0.3 is 14.6 Å². The first-order chi connectivity index (χ1) is 9.65. The van der Waals surface area contributed by atoms with Crippen LogP contribution in [-0.2, 0) is 9.47 Å². The molecule has 1 aromatic carbocycles. The molecule has 0 fully saturated rings. The second kappa shape index (κ2) is 6.31. The third-order valence-electron chi connectivity index (χ3n) is 2.97. The van der Waals surface area contributed by atoms with Crippen molar-refractivity contribution in [1.82, 2.24) is 10.2 Å². The van der Waals surface area contributed by atoms with Gasteiger partial charge in [-0.1, -0.05) is 18.2 Å². The Morgan fingerprint density at radius 1 is 1.40 bits per heavy atom.